The zero-order chi connectivity index (χ0) is 15.9. The van der Waals surface area contributed by atoms with Crippen LogP contribution in [-0.2, 0) is 20.7 Å². The minimum Gasteiger partial charge on any atom is -0.465 e. The summed E-state index contributed by atoms with van der Waals surface area (Å²) in [7, 11) is 0. The van der Waals surface area contributed by atoms with Gasteiger partial charge in [0.05, 0.1) is 18.7 Å². The second-order valence-electron chi connectivity index (χ2n) is 4.49. The molecule has 0 fully saturated rings. The number of amides is 1. The molecule has 6 nitrogen and oxygen atoms in total. The van der Waals surface area contributed by atoms with Crippen molar-refractivity contribution >= 4 is 28.9 Å². The predicted molar refractivity (Wildman–Crippen MR) is 85.3 cm³/mol. The van der Waals surface area contributed by atoms with Crippen molar-refractivity contribution in [2.75, 3.05) is 18.9 Å². The molecule has 0 bridgehead atoms. The van der Waals surface area contributed by atoms with E-state index in [1.54, 1.807) is 6.92 Å². The van der Waals surface area contributed by atoms with Crippen LogP contribution >= 0.6 is 11.3 Å². The maximum absolute atomic E-state index is 11.8. The average molecular weight is 319 g/mol. The highest BCUT2D eigenvalue weighted by molar-refractivity contribution is 7.13. The number of carbonyl (C=O) groups excluding carboxylic acids is 2. The SMILES string of the molecule is CCOC(=O)CNC(=O)Cc1csc(-c2ccccc2N)n1. The van der Waals surface area contributed by atoms with E-state index in [9.17, 15) is 9.59 Å². The number of hydrogen-bond donors (Lipinski definition) is 2. The van der Waals surface area contributed by atoms with Gasteiger partial charge in [-0.15, -0.1) is 11.3 Å². The zero-order valence-electron chi connectivity index (χ0n) is 12.2. The molecule has 0 atom stereocenters. The molecular weight excluding hydrogens is 302 g/mol. The maximum Gasteiger partial charge on any atom is 0.325 e. The predicted octanol–water partition coefficient (Wildman–Crippen LogP) is 1.61. The van der Waals surface area contributed by atoms with Gasteiger partial charge in [-0.05, 0) is 19.1 Å². The highest BCUT2D eigenvalue weighted by Crippen LogP contribution is 2.28. The fourth-order valence-electron chi connectivity index (χ4n) is 1.81. The van der Waals surface area contributed by atoms with E-state index in [4.69, 9.17) is 10.5 Å². The second-order valence-corrected chi connectivity index (χ2v) is 5.35. The summed E-state index contributed by atoms with van der Waals surface area (Å²) in [6.45, 7) is 1.88. The van der Waals surface area contributed by atoms with Crippen molar-refractivity contribution in [1.29, 1.82) is 0 Å². The topological polar surface area (TPSA) is 94.3 Å². The number of nitrogens with one attached hydrogen (secondary N) is 1. The monoisotopic (exact) mass is 319 g/mol. The molecule has 0 aliphatic rings. The summed E-state index contributed by atoms with van der Waals surface area (Å²) in [6.07, 6.45) is 0.114. The highest BCUT2D eigenvalue weighted by Gasteiger charge is 2.11. The van der Waals surface area contributed by atoms with Crippen LogP contribution in [0.3, 0.4) is 0 Å². The van der Waals surface area contributed by atoms with E-state index in [2.05, 4.69) is 10.3 Å². The quantitative estimate of drug-likeness (QED) is 0.623. The first-order valence-electron chi connectivity index (χ1n) is 6.81. The number of para-hydroxylation sites is 1. The molecule has 0 aliphatic heterocycles. The van der Waals surface area contributed by atoms with Gasteiger partial charge in [-0.25, -0.2) is 4.98 Å². The first kappa shape index (κ1) is 16.0. The molecule has 0 unspecified atom stereocenters. The number of aromatic nitrogens is 1. The largest absolute Gasteiger partial charge is 0.465 e. The molecule has 0 saturated heterocycles. The van der Waals surface area contributed by atoms with Gasteiger partial charge < -0.3 is 15.8 Å². The number of carbonyl (C=O) groups is 2. The first-order chi connectivity index (χ1) is 10.6. The van der Waals surface area contributed by atoms with Crippen LogP contribution in [0.4, 0.5) is 5.69 Å². The molecule has 1 amide bonds. The van der Waals surface area contributed by atoms with Gasteiger partial charge in [0.25, 0.3) is 0 Å². The van der Waals surface area contributed by atoms with Crippen LogP contribution in [0.15, 0.2) is 29.6 Å². The number of anilines is 1. The summed E-state index contributed by atoms with van der Waals surface area (Å²) < 4.78 is 4.74. The van der Waals surface area contributed by atoms with Crippen LogP contribution in [0.5, 0.6) is 0 Å². The van der Waals surface area contributed by atoms with Crippen LogP contribution in [-0.4, -0.2) is 30.0 Å². The summed E-state index contributed by atoms with van der Waals surface area (Å²) in [5.74, 6) is -0.724. The Morgan fingerprint density at radius 1 is 1.36 bits per heavy atom. The number of esters is 1. The molecule has 1 aromatic carbocycles. The van der Waals surface area contributed by atoms with E-state index < -0.39 is 5.97 Å². The molecule has 22 heavy (non-hydrogen) atoms. The molecule has 2 rings (SSSR count). The lowest BCUT2D eigenvalue weighted by Crippen LogP contribution is -2.31. The van der Waals surface area contributed by atoms with Gasteiger partial charge in [-0.2, -0.15) is 0 Å². The molecule has 7 heteroatoms. The molecule has 1 heterocycles. The van der Waals surface area contributed by atoms with Crippen molar-refractivity contribution in [1.82, 2.24) is 10.3 Å². The Kier molecular flexibility index (Phi) is 5.48. The Balaban J connectivity index is 1.94. The first-order valence-corrected chi connectivity index (χ1v) is 7.69. The van der Waals surface area contributed by atoms with Gasteiger partial charge >= 0.3 is 5.97 Å². The average Bonchev–Trinajstić information content (AvgIpc) is 2.94. The van der Waals surface area contributed by atoms with E-state index in [1.165, 1.54) is 11.3 Å². The number of nitrogens with two attached hydrogens (primary N) is 1. The van der Waals surface area contributed by atoms with Crippen molar-refractivity contribution in [3.05, 3.63) is 35.3 Å². The Bertz CT molecular complexity index is 670. The lowest BCUT2D eigenvalue weighted by molar-refractivity contribution is -0.143. The molecule has 3 N–H and O–H groups in total. The number of benzene rings is 1. The van der Waals surface area contributed by atoms with Crippen LogP contribution in [0.25, 0.3) is 10.6 Å². The molecule has 116 valence electrons. The van der Waals surface area contributed by atoms with E-state index in [-0.39, 0.29) is 18.9 Å². The summed E-state index contributed by atoms with van der Waals surface area (Å²) >= 11 is 1.43. The molecule has 0 spiro atoms. The third-order valence-electron chi connectivity index (χ3n) is 2.82. The Hall–Kier alpha value is -2.41. The number of nitrogens with zero attached hydrogens (tertiary/aromatic N) is 1. The van der Waals surface area contributed by atoms with Crippen LogP contribution in [0.1, 0.15) is 12.6 Å². The summed E-state index contributed by atoms with van der Waals surface area (Å²) in [6, 6.07) is 7.44. The zero-order valence-corrected chi connectivity index (χ0v) is 13.0. The molecule has 2 aromatic rings. The molecule has 0 saturated carbocycles. The van der Waals surface area contributed by atoms with E-state index in [0.717, 1.165) is 10.6 Å². The van der Waals surface area contributed by atoms with Gasteiger partial charge in [0.2, 0.25) is 5.91 Å². The van der Waals surface area contributed by atoms with Gasteiger partial charge in [0.1, 0.15) is 11.6 Å². The van der Waals surface area contributed by atoms with E-state index >= 15 is 0 Å². The minimum atomic E-state index is -0.452. The third kappa shape index (κ3) is 4.29. The van der Waals surface area contributed by atoms with E-state index in [1.807, 2.05) is 29.6 Å². The lowest BCUT2D eigenvalue weighted by atomic mass is 10.2. The second kappa shape index (κ2) is 7.56. The van der Waals surface area contributed by atoms with Crippen LogP contribution < -0.4 is 11.1 Å². The molecular formula is C15H17N3O3S. The fraction of sp³-hybridized carbons (Fsp3) is 0.267. The maximum atomic E-state index is 11.8. The number of hydrogen-bond acceptors (Lipinski definition) is 6. The van der Waals surface area contributed by atoms with Crippen molar-refractivity contribution in [3.63, 3.8) is 0 Å². The normalized spacial score (nSPS) is 10.2. The molecule has 1 aromatic heterocycles. The number of rotatable bonds is 6. The lowest BCUT2D eigenvalue weighted by Gasteiger charge is -2.03. The van der Waals surface area contributed by atoms with Gasteiger partial charge in [0, 0.05) is 16.6 Å². The summed E-state index contributed by atoms with van der Waals surface area (Å²) in [4.78, 5) is 27.3. The number of ether oxygens (including phenoxy) is 1. The van der Waals surface area contributed by atoms with Crippen LogP contribution in [0, 0.1) is 0 Å². The summed E-state index contributed by atoms with van der Waals surface area (Å²) in [5.41, 5.74) is 8.05. The van der Waals surface area contributed by atoms with E-state index in [0.29, 0.717) is 18.0 Å². The standard InChI is InChI=1S/C15H17N3O3S/c1-2-21-14(20)8-17-13(19)7-10-9-22-15(18-10)11-5-3-4-6-12(11)16/h3-6,9H,2,7-8,16H2,1H3,(H,17,19). The Labute approximate surface area is 132 Å². The smallest absolute Gasteiger partial charge is 0.325 e. The van der Waals surface area contributed by atoms with Gasteiger partial charge in [-0.3, -0.25) is 9.59 Å². The van der Waals surface area contributed by atoms with Crippen LogP contribution in [0.2, 0.25) is 0 Å². The van der Waals surface area contributed by atoms with Crippen molar-refractivity contribution in [2.24, 2.45) is 0 Å². The Morgan fingerprint density at radius 2 is 2.14 bits per heavy atom. The van der Waals surface area contributed by atoms with Crippen molar-refractivity contribution in [2.45, 2.75) is 13.3 Å². The highest BCUT2D eigenvalue weighted by atomic mass is 32.1. The summed E-state index contributed by atoms with van der Waals surface area (Å²) in [5, 5.41) is 5.08. The van der Waals surface area contributed by atoms with Crippen molar-refractivity contribution in [3.8, 4) is 10.6 Å². The number of thiazole rings is 1. The van der Waals surface area contributed by atoms with Crippen molar-refractivity contribution < 1.29 is 14.3 Å². The molecule has 0 radical (unpaired) electrons. The third-order valence-corrected chi connectivity index (χ3v) is 3.74. The molecule has 0 aliphatic carbocycles. The minimum absolute atomic E-state index is 0.114. The Morgan fingerprint density at radius 3 is 2.86 bits per heavy atom. The number of nitrogen functional groups attached to an aromatic ring is 1. The van der Waals surface area contributed by atoms with Gasteiger partial charge in [0.15, 0.2) is 0 Å². The van der Waals surface area contributed by atoms with Gasteiger partial charge in [-0.1, -0.05) is 12.1 Å². The fourth-order valence-corrected chi connectivity index (χ4v) is 2.68.